The number of hydrazone groups is 1. The second-order valence-electron chi connectivity index (χ2n) is 8.96. The summed E-state index contributed by atoms with van der Waals surface area (Å²) in [5.74, 6) is 0.962. The van der Waals surface area contributed by atoms with Crippen molar-refractivity contribution in [1.82, 2.24) is 5.43 Å². The molecule has 2 unspecified atom stereocenters. The predicted molar refractivity (Wildman–Crippen MR) is 122 cm³/mol. The van der Waals surface area contributed by atoms with Gasteiger partial charge in [-0.05, 0) is 45.7 Å². The molecule has 4 heteroatoms. The van der Waals surface area contributed by atoms with Gasteiger partial charge in [0.25, 0.3) is 0 Å². The van der Waals surface area contributed by atoms with Crippen LogP contribution in [-0.4, -0.2) is 19.2 Å². The Morgan fingerprint density at radius 2 is 1.80 bits per heavy atom. The summed E-state index contributed by atoms with van der Waals surface area (Å²) in [7, 11) is 1.64. The zero-order valence-electron chi connectivity index (χ0n) is 18.0. The largest absolute Gasteiger partial charge is 0.496 e. The molecule has 154 valence electrons. The molecule has 1 saturated carbocycles. The fraction of sp³-hybridized carbons (Fsp3) is 0.308. The van der Waals surface area contributed by atoms with Crippen molar-refractivity contribution in [1.29, 1.82) is 0 Å². The molecule has 1 aliphatic rings. The Balaban J connectivity index is 1.43. The number of hydrogen-bond acceptors (Lipinski definition) is 3. The maximum Gasteiger partial charge on any atom is 0.243 e. The first-order valence-electron chi connectivity index (χ1n) is 10.4. The molecule has 0 aromatic heterocycles. The van der Waals surface area contributed by atoms with E-state index in [0.717, 1.165) is 28.5 Å². The number of benzene rings is 3. The Bertz CT molecular complexity index is 1090. The number of nitrogens with one attached hydrogen (secondary N) is 1. The topological polar surface area (TPSA) is 50.7 Å². The van der Waals surface area contributed by atoms with Crippen molar-refractivity contribution >= 4 is 22.9 Å². The van der Waals surface area contributed by atoms with Crippen LogP contribution < -0.4 is 10.2 Å². The third-order valence-electron chi connectivity index (χ3n) is 5.85. The highest BCUT2D eigenvalue weighted by Gasteiger charge is 2.44. The van der Waals surface area contributed by atoms with E-state index >= 15 is 0 Å². The van der Waals surface area contributed by atoms with Gasteiger partial charge < -0.3 is 4.74 Å². The fourth-order valence-corrected chi connectivity index (χ4v) is 3.91. The number of carbonyl (C=O) groups excluding carboxylic acids is 1. The van der Waals surface area contributed by atoms with Crippen molar-refractivity contribution in [3.63, 3.8) is 0 Å². The molecule has 2 atom stereocenters. The van der Waals surface area contributed by atoms with Crippen LogP contribution in [0.5, 0.6) is 5.75 Å². The van der Waals surface area contributed by atoms with Crippen LogP contribution in [0, 0.1) is 5.92 Å². The zero-order valence-corrected chi connectivity index (χ0v) is 18.0. The lowest BCUT2D eigenvalue weighted by molar-refractivity contribution is -0.122. The first-order valence-corrected chi connectivity index (χ1v) is 10.4. The minimum absolute atomic E-state index is 0.0166. The van der Waals surface area contributed by atoms with E-state index in [-0.39, 0.29) is 23.2 Å². The van der Waals surface area contributed by atoms with Crippen molar-refractivity contribution in [3.05, 3.63) is 77.4 Å². The van der Waals surface area contributed by atoms with Crippen LogP contribution in [0.3, 0.4) is 0 Å². The number of rotatable bonds is 5. The van der Waals surface area contributed by atoms with Gasteiger partial charge in [-0.1, -0.05) is 75.4 Å². The average Bonchev–Trinajstić information content (AvgIpc) is 3.54. The Kier molecular flexibility index (Phi) is 5.33. The Hall–Kier alpha value is -3.14. The Morgan fingerprint density at radius 1 is 1.07 bits per heavy atom. The minimum atomic E-state index is -0.0321. The average molecular weight is 401 g/mol. The van der Waals surface area contributed by atoms with Crippen molar-refractivity contribution in [2.45, 2.75) is 38.5 Å². The lowest BCUT2D eigenvalue weighted by Gasteiger charge is -2.19. The molecular weight excluding hydrogens is 372 g/mol. The van der Waals surface area contributed by atoms with Gasteiger partial charge in [-0.15, -0.1) is 0 Å². The van der Waals surface area contributed by atoms with Crippen LogP contribution in [0.4, 0.5) is 0 Å². The quantitative estimate of drug-likeness (QED) is 0.460. The highest BCUT2D eigenvalue weighted by atomic mass is 16.5. The lowest BCUT2D eigenvalue weighted by atomic mass is 9.86. The highest BCUT2D eigenvalue weighted by molar-refractivity contribution is 6.02. The maximum absolute atomic E-state index is 12.6. The second kappa shape index (κ2) is 7.94. The molecular formula is C26H28N2O2. The molecule has 3 aromatic rings. The summed E-state index contributed by atoms with van der Waals surface area (Å²) in [6.07, 6.45) is 2.54. The van der Waals surface area contributed by atoms with Gasteiger partial charge in [0.05, 0.1) is 13.3 Å². The molecule has 0 saturated heterocycles. The Morgan fingerprint density at radius 3 is 2.50 bits per heavy atom. The normalized spacial score (nSPS) is 18.5. The molecule has 0 spiro atoms. The van der Waals surface area contributed by atoms with E-state index < -0.39 is 0 Å². The molecule has 0 radical (unpaired) electrons. The van der Waals surface area contributed by atoms with Gasteiger partial charge in [-0.25, -0.2) is 5.43 Å². The van der Waals surface area contributed by atoms with Crippen LogP contribution in [0.2, 0.25) is 0 Å². The van der Waals surface area contributed by atoms with Crippen LogP contribution in [-0.2, 0) is 10.2 Å². The summed E-state index contributed by atoms with van der Waals surface area (Å²) in [6.45, 7) is 6.62. The van der Waals surface area contributed by atoms with E-state index in [1.54, 1.807) is 13.3 Å². The second-order valence-corrected chi connectivity index (χ2v) is 8.96. The summed E-state index contributed by atoms with van der Waals surface area (Å²) in [4.78, 5) is 12.6. The standard InChI is InChI=1S/C26H28N2O2/c1-26(2,3)19-12-9-18(10-13-19)21-15-22(21)25(29)28-27-16-23-20-8-6-5-7-17(20)11-14-24(23)30-4/h5-14,16,21-22H,15H2,1-4H3,(H,28,29). The van der Waals surface area contributed by atoms with Crippen LogP contribution in [0.15, 0.2) is 65.8 Å². The number of nitrogens with zero attached hydrogens (tertiary/aromatic N) is 1. The molecule has 3 aromatic carbocycles. The smallest absolute Gasteiger partial charge is 0.243 e. The molecule has 1 N–H and O–H groups in total. The van der Waals surface area contributed by atoms with Crippen LogP contribution in [0.25, 0.3) is 10.8 Å². The van der Waals surface area contributed by atoms with Crippen LogP contribution >= 0.6 is 0 Å². The number of hydrogen-bond donors (Lipinski definition) is 1. The molecule has 0 heterocycles. The summed E-state index contributed by atoms with van der Waals surface area (Å²) >= 11 is 0. The van der Waals surface area contributed by atoms with Gasteiger partial charge >= 0.3 is 0 Å². The molecule has 4 nitrogen and oxygen atoms in total. The van der Waals surface area contributed by atoms with E-state index in [1.807, 2.05) is 36.4 Å². The first kappa shape index (κ1) is 20.1. The van der Waals surface area contributed by atoms with Crippen molar-refractivity contribution in [2.24, 2.45) is 11.0 Å². The van der Waals surface area contributed by atoms with Gasteiger partial charge in [0, 0.05) is 11.5 Å². The first-order chi connectivity index (χ1) is 14.4. The molecule has 4 rings (SSSR count). The maximum atomic E-state index is 12.6. The number of carbonyl (C=O) groups is 1. The Labute approximate surface area is 178 Å². The number of fused-ring (bicyclic) bond motifs is 1. The third-order valence-corrected chi connectivity index (χ3v) is 5.85. The number of ether oxygens (including phenoxy) is 1. The van der Waals surface area contributed by atoms with Crippen molar-refractivity contribution in [2.75, 3.05) is 7.11 Å². The SMILES string of the molecule is COc1ccc2ccccc2c1C=NNC(=O)C1CC1c1ccc(C(C)(C)C)cc1. The monoisotopic (exact) mass is 400 g/mol. The van der Waals surface area contributed by atoms with E-state index in [0.29, 0.717) is 0 Å². The van der Waals surface area contributed by atoms with E-state index in [9.17, 15) is 4.79 Å². The molecule has 0 bridgehead atoms. The fourth-order valence-electron chi connectivity index (χ4n) is 3.91. The number of methoxy groups -OCH3 is 1. The summed E-state index contributed by atoms with van der Waals surface area (Å²) < 4.78 is 5.48. The van der Waals surface area contributed by atoms with Gasteiger partial charge in [-0.3, -0.25) is 4.79 Å². The van der Waals surface area contributed by atoms with E-state index in [2.05, 4.69) is 55.6 Å². The summed E-state index contributed by atoms with van der Waals surface area (Å²) in [5, 5.41) is 6.38. The van der Waals surface area contributed by atoms with Gasteiger partial charge in [0.1, 0.15) is 5.75 Å². The number of amides is 1. The van der Waals surface area contributed by atoms with Gasteiger partial charge in [-0.2, -0.15) is 5.10 Å². The van der Waals surface area contributed by atoms with E-state index in [1.165, 1.54) is 11.1 Å². The highest BCUT2D eigenvalue weighted by Crippen LogP contribution is 2.47. The van der Waals surface area contributed by atoms with E-state index in [4.69, 9.17) is 4.74 Å². The molecule has 30 heavy (non-hydrogen) atoms. The van der Waals surface area contributed by atoms with Crippen molar-refractivity contribution in [3.8, 4) is 5.75 Å². The van der Waals surface area contributed by atoms with Gasteiger partial charge in [0.15, 0.2) is 0 Å². The molecule has 1 fully saturated rings. The third kappa shape index (κ3) is 4.09. The summed E-state index contributed by atoms with van der Waals surface area (Å²) in [6, 6.07) is 20.7. The molecule has 1 amide bonds. The van der Waals surface area contributed by atoms with Crippen LogP contribution in [0.1, 0.15) is 49.8 Å². The summed E-state index contributed by atoms with van der Waals surface area (Å²) in [5.41, 5.74) is 6.25. The molecule has 1 aliphatic carbocycles. The van der Waals surface area contributed by atoms with Crippen molar-refractivity contribution < 1.29 is 9.53 Å². The zero-order chi connectivity index (χ0) is 21.3. The predicted octanol–water partition coefficient (Wildman–Crippen LogP) is 5.40. The van der Waals surface area contributed by atoms with Gasteiger partial charge in [0.2, 0.25) is 5.91 Å². The minimum Gasteiger partial charge on any atom is -0.496 e. The molecule has 0 aliphatic heterocycles. The lowest BCUT2D eigenvalue weighted by Crippen LogP contribution is -2.20.